The standard InChI is InChI=1S/C15H13N5O3/c21-10-3-1-2-9-13(10)14(20-15(16-9)17-18-19-20)8-4-5-11-12(6-8)23-7-22-11/h4-6,14H,1-3,7H2,(H,16,17,19)/t14-/m0/s1. The topological polar surface area (TPSA) is 91.2 Å². The van der Waals surface area contributed by atoms with Crippen LogP contribution in [0.3, 0.4) is 0 Å². The van der Waals surface area contributed by atoms with Gasteiger partial charge in [0.2, 0.25) is 12.7 Å². The molecule has 0 fully saturated rings. The normalized spacial score (nSPS) is 21.7. The number of tetrazole rings is 1. The minimum Gasteiger partial charge on any atom is -0.454 e. The summed E-state index contributed by atoms with van der Waals surface area (Å²) in [6.07, 6.45) is 2.23. The van der Waals surface area contributed by atoms with Gasteiger partial charge in [0.05, 0.1) is 0 Å². The van der Waals surface area contributed by atoms with Gasteiger partial charge in [0.15, 0.2) is 17.3 Å². The SMILES string of the molecule is O=C1CCCC2=C1[C@H](c1ccc3c(c1)OCO3)n1nnnc1N2. The third kappa shape index (κ3) is 1.77. The van der Waals surface area contributed by atoms with E-state index in [1.54, 1.807) is 4.68 Å². The smallest absolute Gasteiger partial charge is 0.248 e. The number of aromatic nitrogens is 4. The highest BCUT2D eigenvalue weighted by atomic mass is 16.7. The first-order valence-electron chi connectivity index (χ1n) is 7.52. The van der Waals surface area contributed by atoms with Crippen LogP contribution in [0.15, 0.2) is 29.5 Å². The van der Waals surface area contributed by atoms with E-state index in [4.69, 9.17) is 9.47 Å². The number of nitrogens with one attached hydrogen (secondary N) is 1. The molecule has 2 aliphatic heterocycles. The summed E-state index contributed by atoms with van der Waals surface area (Å²) in [5.41, 5.74) is 2.58. The van der Waals surface area contributed by atoms with E-state index in [1.165, 1.54) is 0 Å². The number of ether oxygens (including phenoxy) is 2. The van der Waals surface area contributed by atoms with Crippen LogP contribution in [-0.4, -0.2) is 32.8 Å². The zero-order chi connectivity index (χ0) is 15.4. The van der Waals surface area contributed by atoms with E-state index in [-0.39, 0.29) is 18.6 Å². The molecule has 0 radical (unpaired) electrons. The first-order valence-corrected chi connectivity index (χ1v) is 7.52. The monoisotopic (exact) mass is 311 g/mol. The lowest BCUT2D eigenvalue weighted by Crippen LogP contribution is -2.31. The van der Waals surface area contributed by atoms with Crippen LogP contribution in [0.25, 0.3) is 0 Å². The van der Waals surface area contributed by atoms with Crippen LogP contribution >= 0.6 is 0 Å². The molecule has 0 amide bonds. The number of carbonyl (C=O) groups is 1. The van der Waals surface area contributed by atoms with Gasteiger partial charge in [0.25, 0.3) is 0 Å². The second-order valence-electron chi connectivity index (χ2n) is 5.76. The van der Waals surface area contributed by atoms with Crippen molar-refractivity contribution in [3.63, 3.8) is 0 Å². The molecule has 2 aromatic rings. The Labute approximate surface area is 131 Å². The van der Waals surface area contributed by atoms with E-state index in [2.05, 4.69) is 20.8 Å². The lowest BCUT2D eigenvalue weighted by molar-refractivity contribution is -0.116. The molecule has 5 rings (SSSR count). The predicted octanol–water partition coefficient (Wildman–Crippen LogP) is 1.42. The Morgan fingerprint density at radius 3 is 3.09 bits per heavy atom. The van der Waals surface area contributed by atoms with Crippen LogP contribution in [0.1, 0.15) is 30.9 Å². The zero-order valence-electron chi connectivity index (χ0n) is 12.2. The van der Waals surface area contributed by atoms with E-state index in [0.29, 0.717) is 23.9 Å². The molecule has 3 heterocycles. The summed E-state index contributed by atoms with van der Waals surface area (Å²) >= 11 is 0. The highest BCUT2D eigenvalue weighted by Crippen LogP contribution is 2.42. The minimum atomic E-state index is -0.335. The maximum atomic E-state index is 12.5. The molecule has 0 bridgehead atoms. The summed E-state index contributed by atoms with van der Waals surface area (Å²) < 4.78 is 12.5. The van der Waals surface area contributed by atoms with Crippen LogP contribution < -0.4 is 14.8 Å². The average molecular weight is 311 g/mol. The second-order valence-corrected chi connectivity index (χ2v) is 5.76. The third-order valence-electron chi connectivity index (χ3n) is 4.44. The van der Waals surface area contributed by atoms with Crippen molar-refractivity contribution < 1.29 is 14.3 Å². The molecular weight excluding hydrogens is 298 g/mol. The minimum absolute atomic E-state index is 0.141. The number of nitrogens with zero attached hydrogens (tertiary/aromatic N) is 4. The van der Waals surface area contributed by atoms with Gasteiger partial charge >= 0.3 is 0 Å². The molecular formula is C15H13N5O3. The van der Waals surface area contributed by atoms with Gasteiger partial charge in [0.1, 0.15) is 6.04 Å². The number of fused-ring (bicyclic) bond motifs is 2. The van der Waals surface area contributed by atoms with Crippen LogP contribution in [0.5, 0.6) is 11.5 Å². The maximum absolute atomic E-state index is 12.5. The number of anilines is 1. The van der Waals surface area contributed by atoms with Crippen molar-refractivity contribution in [2.75, 3.05) is 12.1 Å². The second kappa shape index (κ2) is 4.55. The van der Waals surface area contributed by atoms with E-state index in [0.717, 1.165) is 29.7 Å². The van der Waals surface area contributed by atoms with Crippen LogP contribution in [-0.2, 0) is 4.79 Å². The predicted molar refractivity (Wildman–Crippen MR) is 78.0 cm³/mol. The summed E-state index contributed by atoms with van der Waals surface area (Å²) in [7, 11) is 0. The first-order chi connectivity index (χ1) is 11.3. The Balaban J connectivity index is 1.70. The van der Waals surface area contributed by atoms with Crippen LogP contribution in [0.2, 0.25) is 0 Å². The van der Waals surface area contributed by atoms with Crippen LogP contribution in [0.4, 0.5) is 5.95 Å². The lowest BCUT2D eigenvalue weighted by Gasteiger charge is -2.31. The molecule has 0 unspecified atom stereocenters. The summed E-state index contributed by atoms with van der Waals surface area (Å²) in [4.78, 5) is 12.5. The molecule has 1 aromatic heterocycles. The highest BCUT2D eigenvalue weighted by Gasteiger charge is 2.37. The number of carbonyl (C=O) groups excluding carboxylic acids is 1. The fourth-order valence-corrected chi connectivity index (χ4v) is 3.41. The molecule has 1 aromatic carbocycles. The Kier molecular flexibility index (Phi) is 2.50. The number of rotatable bonds is 1. The number of Topliss-reactive ketones (excluding diaryl/α,β-unsaturated/α-hetero) is 1. The van der Waals surface area contributed by atoms with Crippen molar-refractivity contribution in [3.05, 3.63) is 35.0 Å². The number of hydrogen-bond acceptors (Lipinski definition) is 7. The van der Waals surface area contributed by atoms with E-state index >= 15 is 0 Å². The van der Waals surface area contributed by atoms with Crippen LogP contribution in [0, 0.1) is 0 Å². The Bertz CT molecular complexity index is 857. The van der Waals surface area contributed by atoms with Crippen molar-refractivity contribution >= 4 is 11.7 Å². The molecule has 8 nitrogen and oxygen atoms in total. The van der Waals surface area contributed by atoms with Gasteiger partial charge in [-0.2, -0.15) is 4.68 Å². The summed E-state index contributed by atoms with van der Waals surface area (Å²) in [6.45, 7) is 0.216. The number of ketones is 1. The molecule has 23 heavy (non-hydrogen) atoms. The van der Waals surface area contributed by atoms with Gasteiger partial charge in [0, 0.05) is 17.7 Å². The highest BCUT2D eigenvalue weighted by molar-refractivity contribution is 5.99. The van der Waals surface area contributed by atoms with Gasteiger partial charge in [-0.05, 0) is 41.0 Å². The lowest BCUT2D eigenvalue weighted by atomic mass is 9.85. The molecule has 3 aliphatic rings. The molecule has 1 N–H and O–H groups in total. The first kappa shape index (κ1) is 12.6. The Morgan fingerprint density at radius 1 is 1.22 bits per heavy atom. The van der Waals surface area contributed by atoms with Gasteiger partial charge in [-0.25, -0.2) is 0 Å². The molecule has 1 atom stereocenters. The molecule has 1 aliphatic carbocycles. The van der Waals surface area contributed by atoms with E-state index < -0.39 is 0 Å². The fraction of sp³-hybridized carbons (Fsp3) is 0.333. The summed E-state index contributed by atoms with van der Waals surface area (Å²) in [5.74, 6) is 2.09. The van der Waals surface area contributed by atoms with E-state index in [9.17, 15) is 4.79 Å². The molecule has 0 spiro atoms. The number of benzene rings is 1. The van der Waals surface area contributed by atoms with Crippen molar-refractivity contribution in [1.82, 2.24) is 20.2 Å². The number of hydrogen-bond donors (Lipinski definition) is 1. The third-order valence-corrected chi connectivity index (χ3v) is 4.44. The molecule has 0 saturated carbocycles. The summed E-state index contributed by atoms with van der Waals surface area (Å²) in [5, 5.41) is 15.0. The number of allylic oxidation sites excluding steroid dienone is 2. The van der Waals surface area contributed by atoms with Gasteiger partial charge in [-0.1, -0.05) is 11.2 Å². The average Bonchev–Trinajstić information content (AvgIpc) is 3.21. The van der Waals surface area contributed by atoms with Crippen molar-refractivity contribution in [2.45, 2.75) is 25.3 Å². The zero-order valence-corrected chi connectivity index (χ0v) is 12.2. The van der Waals surface area contributed by atoms with Gasteiger partial charge in [-0.3, -0.25) is 4.79 Å². The molecule has 0 saturated heterocycles. The van der Waals surface area contributed by atoms with Gasteiger partial charge < -0.3 is 14.8 Å². The largest absolute Gasteiger partial charge is 0.454 e. The summed E-state index contributed by atoms with van der Waals surface area (Å²) in [6, 6.07) is 5.35. The molecule has 8 heteroatoms. The van der Waals surface area contributed by atoms with E-state index in [1.807, 2.05) is 18.2 Å². The van der Waals surface area contributed by atoms with Crippen molar-refractivity contribution in [2.24, 2.45) is 0 Å². The van der Waals surface area contributed by atoms with Crippen molar-refractivity contribution in [3.8, 4) is 11.5 Å². The van der Waals surface area contributed by atoms with Gasteiger partial charge in [-0.15, -0.1) is 0 Å². The fourth-order valence-electron chi connectivity index (χ4n) is 3.41. The van der Waals surface area contributed by atoms with Crippen molar-refractivity contribution in [1.29, 1.82) is 0 Å². The molecule has 116 valence electrons. The maximum Gasteiger partial charge on any atom is 0.248 e. The quantitative estimate of drug-likeness (QED) is 0.851. The Morgan fingerprint density at radius 2 is 2.13 bits per heavy atom. The Hall–Kier alpha value is -2.90.